The maximum atomic E-state index is 12.9. The van der Waals surface area contributed by atoms with Gasteiger partial charge in [-0.1, -0.05) is 60.7 Å². The van der Waals surface area contributed by atoms with Crippen molar-refractivity contribution < 1.29 is 19.1 Å². The van der Waals surface area contributed by atoms with Gasteiger partial charge in [0.2, 0.25) is 0 Å². The van der Waals surface area contributed by atoms with Crippen molar-refractivity contribution in [3.8, 4) is 11.5 Å². The number of hydrogen-bond acceptors (Lipinski definition) is 4. The van der Waals surface area contributed by atoms with Gasteiger partial charge in [0, 0.05) is 11.1 Å². The van der Waals surface area contributed by atoms with Crippen LogP contribution in [0.2, 0.25) is 0 Å². The van der Waals surface area contributed by atoms with E-state index < -0.39 is 11.8 Å². The molecule has 0 aromatic heterocycles. The van der Waals surface area contributed by atoms with Crippen LogP contribution in [0.15, 0.2) is 72.8 Å². The van der Waals surface area contributed by atoms with Crippen molar-refractivity contribution in [2.75, 3.05) is 13.7 Å². The van der Waals surface area contributed by atoms with E-state index in [9.17, 15) is 9.59 Å². The number of amides is 2. The molecule has 3 rings (SSSR count). The van der Waals surface area contributed by atoms with Gasteiger partial charge < -0.3 is 9.47 Å². The first kappa shape index (κ1) is 22.6. The highest BCUT2D eigenvalue weighted by Crippen LogP contribution is 2.24. The van der Waals surface area contributed by atoms with E-state index in [4.69, 9.17) is 9.47 Å². The molecule has 0 aliphatic rings. The van der Waals surface area contributed by atoms with Crippen LogP contribution in [0.3, 0.4) is 0 Å². The molecule has 0 saturated heterocycles. The fourth-order valence-corrected chi connectivity index (χ4v) is 3.07. The normalized spacial score (nSPS) is 10.9. The van der Waals surface area contributed by atoms with Gasteiger partial charge in [0.1, 0.15) is 11.5 Å². The highest BCUT2D eigenvalue weighted by Gasteiger charge is 2.15. The second kappa shape index (κ2) is 10.8. The van der Waals surface area contributed by atoms with Gasteiger partial charge in [-0.15, -0.1) is 0 Å². The van der Waals surface area contributed by atoms with Crippen LogP contribution in [0, 0.1) is 13.8 Å². The SMILES string of the molecule is COc1ccccc1/C=C(/C(=O)NNC(=O)COc1cc(C)ccc1C)c1ccccc1. The molecule has 0 aliphatic heterocycles. The molecule has 3 aromatic carbocycles. The van der Waals surface area contributed by atoms with E-state index in [1.165, 1.54) is 0 Å². The third-order valence-corrected chi connectivity index (χ3v) is 4.79. The molecule has 0 fully saturated rings. The Bertz CT molecular complexity index is 1120. The molecule has 0 aliphatic carbocycles. The number of carbonyl (C=O) groups is 2. The van der Waals surface area contributed by atoms with Crippen LogP contribution in [0.25, 0.3) is 11.6 Å². The number of carbonyl (C=O) groups excluding carboxylic acids is 2. The average molecular weight is 431 g/mol. The van der Waals surface area contributed by atoms with Crippen molar-refractivity contribution in [2.24, 2.45) is 0 Å². The Hall–Kier alpha value is -4.06. The van der Waals surface area contributed by atoms with Gasteiger partial charge in [-0.25, -0.2) is 0 Å². The van der Waals surface area contributed by atoms with Crippen molar-refractivity contribution in [1.82, 2.24) is 10.9 Å². The lowest BCUT2D eigenvalue weighted by Crippen LogP contribution is -2.44. The fraction of sp³-hybridized carbons (Fsp3) is 0.154. The molecule has 2 N–H and O–H groups in total. The van der Waals surface area contributed by atoms with E-state index in [0.29, 0.717) is 22.6 Å². The number of methoxy groups -OCH3 is 1. The third kappa shape index (κ3) is 5.98. The standard InChI is InChI=1S/C26H26N2O4/c1-18-13-14-19(2)24(15-18)32-17-25(29)27-28-26(30)22(20-9-5-4-6-10-20)16-21-11-7-8-12-23(21)31-3/h4-16H,17H2,1-3H3,(H,27,29)(H,28,30)/b22-16+. The molecule has 164 valence electrons. The Morgan fingerprint density at radius 3 is 2.34 bits per heavy atom. The first-order valence-corrected chi connectivity index (χ1v) is 10.2. The Kier molecular flexibility index (Phi) is 7.65. The van der Waals surface area contributed by atoms with Gasteiger partial charge >= 0.3 is 0 Å². The largest absolute Gasteiger partial charge is 0.496 e. The monoisotopic (exact) mass is 430 g/mol. The van der Waals surface area contributed by atoms with Gasteiger partial charge in [0.25, 0.3) is 11.8 Å². The van der Waals surface area contributed by atoms with E-state index in [1.807, 2.05) is 86.6 Å². The van der Waals surface area contributed by atoms with Crippen molar-refractivity contribution in [2.45, 2.75) is 13.8 Å². The van der Waals surface area contributed by atoms with Gasteiger partial charge in [-0.3, -0.25) is 20.4 Å². The molecule has 6 heteroatoms. The van der Waals surface area contributed by atoms with Gasteiger partial charge in [-0.05, 0) is 48.7 Å². The third-order valence-electron chi connectivity index (χ3n) is 4.79. The van der Waals surface area contributed by atoms with Crippen molar-refractivity contribution in [3.63, 3.8) is 0 Å². The van der Waals surface area contributed by atoms with E-state index in [0.717, 1.165) is 16.7 Å². The minimum absolute atomic E-state index is 0.221. The highest BCUT2D eigenvalue weighted by molar-refractivity contribution is 6.24. The smallest absolute Gasteiger partial charge is 0.276 e. The lowest BCUT2D eigenvalue weighted by atomic mass is 10.0. The number of hydrogen-bond donors (Lipinski definition) is 2. The fourth-order valence-electron chi connectivity index (χ4n) is 3.07. The molecule has 0 radical (unpaired) electrons. The second-order valence-corrected chi connectivity index (χ2v) is 7.23. The molecular formula is C26H26N2O4. The Labute approximate surface area is 187 Å². The molecule has 32 heavy (non-hydrogen) atoms. The number of aryl methyl sites for hydroxylation is 2. The van der Waals surface area contributed by atoms with Crippen molar-refractivity contribution in [3.05, 3.63) is 95.1 Å². The molecule has 0 spiro atoms. The summed E-state index contributed by atoms with van der Waals surface area (Å²) in [5.41, 5.74) is 8.68. The second-order valence-electron chi connectivity index (χ2n) is 7.23. The lowest BCUT2D eigenvalue weighted by Gasteiger charge is -2.13. The van der Waals surface area contributed by atoms with Crippen LogP contribution in [0.4, 0.5) is 0 Å². The Morgan fingerprint density at radius 1 is 0.875 bits per heavy atom. The number of rotatable bonds is 7. The summed E-state index contributed by atoms with van der Waals surface area (Å²) in [5.74, 6) is 0.346. The maximum Gasteiger partial charge on any atom is 0.276 e. The van der Waals surface area contributed by atoms with Gasteiger partial charge in [0.15, 0.2) is 6.61 Å². The molecule has 3 aromatic rings. The van der Waals surface area contributed by atoms with Crippen LogP contribution in [-0.4, -0.2) is 25.5 Å². The molecule has 0 saturated carbocycles. The summed E-state index contributed by atoms with van der Waals surface area (Å²) in [7, 11) is 1.57. The van der Waals surface area contributed by atoms with Crippen LogP contribution in [-0.2, 0) is 9.59 Å². The first-order chi connectivity index (χ1) is 15.5. The molecule has 2 amide bonds. The van der Waals surface area contributed by atoms with Crippen molar-refractivity contribution >= 4 is 23.5 Å². The summed E-state index contributed by atoms with van der Waals surface area (Å²) >= 11 is 0. The van der Waals surface area contributed by atoms with E-state index in [2.05, 4.69) is 10.9 Å². The first-order valence-electron chi connectivity index (χ1n) is 10.2. The minimum atomic E-state index is -0.469. The Morgan fingerprint density at radius 2 is 1.59 bits per heavy atom. The summed E-state index contributed by atoms with van der Waals surface area (Å²) < 4.78 is 11.0. The molecule has 0 heterocycles. The highest BCUT2D eigenvalue weighted by atomic mass is 16.5. The summed E-state index contributed by atoms with van der Waals surface area (Å²) in [6.45, 7) is 3.64. The number of para-hydroxylation sites is 1. The number of hydrazine groups is 1. The van der Waals surface area contributed by atoms with E-state index in [1.54, 1.807) is 13.2 Å². The van der Waals surface area contributed by atoms with Gasteiger partial charge in [0.05, 0.1) is 7.11 Å². The molecular weight excluding hydrogens is 404 g/mol. The average Bonchev–Trinajstić information content (AvgIpc) is 2.82. The molecule has 6 nitrogen and oxygen atoms in total. The summed E-state index contributed by atoms with van der Waals surface area (Å²) in [6.07, 6.45) is 1.72. The zero-order valence-electron chi connectivity index (χ0n) is 18.3. The van der Waals surface area contributed by atoms with Gasteiger partial charge in [-0.2, -0.15) is 0 Å². The zero-order valence-corrected chi connectivity index (χ0v) is 18.3. The summed E-state index contributed by atoms with van der Waals surface area (Å²) in [4.78, 5) is 25.2. The topological polar surface area (TPSA) is 76.7 Å². The van der Waals surface area contributed by atoms with Crippen LogP contribution >= 0.6 is 0 Å². The number of nitrogens with one attached hydrogen (secondary N) is 2. The summed E-state index contributed by atoms with van der Waals surface area (Å²) in [5, 5.41) is 0. The predicted molar refractivity (Wildman–Crippen MR) is 125 cm³/mol. The Balaban J connectivity index is 1.71. The van der Waals surface area contributed by atoms with E-state index >= 15 is 0 Å². The summed E-state index contributed by atoms with van der Waals surface area (Å²) in [6, 6.07) is 22.4. The van der Waals surface area contributed by atoms with Crippen LogP contribution in [0.5, 0.6) is 11.5 Å². The predicted octanol–water partition coefficient (Wildman–Crippen LogP) is 4.08. The number of benzene rings is 3. The lowest BCUT2D eigenvalue weighted by molar-refractivity contribution is -0.127. The molecule has 0 bridgehead atoms. The maximum absolute atomic E-state index is 12.9. The zero-order chi connectivity index (χ0) is 22.9. The molecule has 0 atom stereocenters. The minimum Gasteiger partial charge on any atom is -0.496 e. The molecule has 0 unspecified atom stereocenters. The quantitative estimate of drug-likeness (QED) is 0.336. The number of ether oxygens (including phenoxy) is 2. The van der Waals surface area contributed by atoms with Crippen LogP contribution in [0.1, 0.15) is 22.3 Å². The van der Waals surface area contributed by atoms with E-state index in [-0.39, 0.29) is 6.61 Å². The van der Waals surface area contributed by atoms with Crippen LogP contribution < -0.4 is 20.3 Å². The van der Waals surface area contributed by atoms with Crippen molar-refractivity contribution in [1.29, 1.82) is 0 Å².